The first kappa shape index (κ1) is 81.7. The second-order valence-corrected chi connectivity index (χ2v) is 26.7. The molecule has 1 amide bonds. The van der Waals surface area contributed by atoms with E-state index in [9.17, 15) is 43.2 Å². The van der Waals surface area contributed by atoms with Crippen molar-refractivity contribution in [3.05, 3.63) is 139 Å². The van der Waals surface area contributed by atoms with Crippen molar-refractivity contribution in [2.45, 2.75) is 208 Å². The van der Waals surface area contributed by atoms with Gasteiger partial charge in [0.1, 0.15) is 33.8 Å². The Balaban J connectivity index is 0.000000174. The third kappa shape index (κ3) is 22.0. The van der Waals surface area contributed by atoms with Crippen molar-refractivity contribution in [2.24, 2.45) is 5.73 Å². The summed E-state index contributed by atoms with van der Waals surface area (Å²) in [6.07, 6.45) is 21.8. The maximum Gasteiger partial charge on any atom is 0.412 e. The van der Waals surface area contributed by atoms with E-state index in [1.54, 1.807) is 72.8 Å². The number of nitrogens with zero attached hydrogens (tertiary/aromatic N) is 3. The van der Waals surface area contributed by atoms with Gasteiger partial charge in [-0.25, -0.2) is 24.0 Å². The third-order valence-electron chi connectivity index (χ3n) is 19.1. The zero-order valence-corrected chi connectivity index (χ0v) is 60.1. The van der Waals surface area contributed by atoms with Gasteiger partial charge in [-0.1, -0.05) is 0 Å². The van der Waals surface area contributed by atoms with E-state index < -0.39 is 58.1 Å². The predicted molar refractivity (Wildman–Crippen MR) is 359 cm³/mol. The molecule has 562 valence electrons. The Kier molecular flexibility index (Phi) is 30.1. The Labute approximate surface area is 600 Å². The molecule has 101 heavy (non-hydrogen) atoms. The van der Waals surface area contributed by atoms with Crippen LogP contribution in [0, 0.1) is 7.43 Å². The van der Waals surface area contributed by atoms with Crippen LogP contribution >= 0.6 is 0 Å². The average molecular weight is 1510 g/mol. The molecular formula is C71H98N5O24Pd-. The van der Waals surface area contributed by atoms with E-state index in [0.717, 1.165) is 129 Å². The summed E-state index contributed by atoms with van der Waals surface area (Å²) >= 11 is 0. The normalized spacial score (nSPS) is 23.2. The summed E-state index contributed by atoms with van der Waals surface area (Å²) < 4.78 is 79.6. The molecule has 10 fully saturated rings. The molecule has 0 radical (unpaired) electrons. The molecule has 30 heteroatoms. The number of Topliss-reactive ketones (excluding diaryl/α,β-unsaturated/α-hetero) is 1. The van der Waals surface area contributed by atoms with Crippen molar-refractivity contribution in [3.8, 4) is 0 Å². The summed E-state index contributed by atoms with van der Waals surface area (Å²) in [4.78, 5) is 104. The summed E-state index contributed by atoms with van der Waals surface area (Å²) in [5, 5.41) is 11.6. The molecule has 5 spiro atoms. The zero-order chi connectivity index (χ0) is 70.9. The van der Waals surface area contributed by atoms with Gasteiger partial charge >= 0.3 is 29.6 Å². The Morgan fingerprint density at radius 3 is 1.18 bits per heavy atom. The number of carboxylic acids is 1. The number of aromatic carboxylic acids is 1. The largest absolute Gasteiger partial charge is 0.477 e. The summed E-state index contributed by atoms with van der Waals surface area (Å²) in [6, 6.07) is 12.8. The van der Waals surface area contributed by atoms with Crippen LogP contribution in [-0.4, -0.2) is 169 Å². The number of methoxy groups -OCH3 is 2. The van der Waals surface area contributed by atoms with Crippen LogP contribution in [0.1, 0.15) is 198 Å². The second kappa shape index (κ2) is 37.2. The van der Waals surface area contributed by atoms with Gasteiger partial charge < -0.3 is 98.0 Å². The summed E-state index contributed by atoms with van der Waals surface area (Å²) in [6.45, 7) is 12.0. The molecule has 0 bridgehead atoms. The monoisotopic (exact) mass is 1510 g/mol. The quantitative estimate of drug-likeness (QED) is 0.0677. The molecule has 0 aromatic carbocycles. The minimum Gasteiger partial charge on any atom is -0.477 e. The fourth-order valence-corrected chi connectivity index (χ4v) is 13.8. The molecule has 5 aliphatic carbocycles. The number of amides is 1. The first-order valence-electron chi connectivity index (χ1n) is 34.2. The van der Waals surface area contributed by atoms with E-state index in [1.807, 2.05) is 0 Å². The van der Waals surface area contributed by atoms with E-state index in [1.165, 1.54) is 49.3 Å². The fourth-order valence-electron chi connectivity index (χ4n) is 13.8. The summed E-state index contributed by atoms with van der Waals surface area (Å²) in [5.74, 6) is -4.07. The number of nitrogens with two attached hydrogens (primary N) is 1. The number of esters is 2. The SMILES string of the molecule is CC(C)(C)OC(=O)Nc1cccn(C2CCC3(CC2)OCCO3)c1=O.COC(=O)c1cccn(C2CCC3(CC2)OCCO3)c1=O.COC(=O)c1cccoc1=O.NC1CCC2(CC1)OCCO2.O=C(O)c1cccn(C2CCC3(CC2)OCCO3)c1=O.O=C1CCC2(CC1)OCCO2.[CH3-].[Pd]. The fraction of sp³-hybridized carbons (Fsp3) is 0.634. The number of carbonyl (C=O) groups excluding carboxylic acids is 4. The van der Waals surface area contributed by atoms with Crippen LogP contribution in [-0.2, 0) is 86.8 Å². The molecule has 4 aromatic rings. The van der Waals surface area contributed by atoms with Crippen LogP contribution < -0.4 is 33.4 Å². The Morgan fingerprint density at radius 2 is 0.812 bits per heavy atom. The number of pyridine rings is 3. The topological polar surface area (TPSA) is 360 Å². The van der Waals surface area contributed by atoms with Crippen molar-refractivity contribution in [1.29, 1.82) is 0 Å². The number of hydrogen-bond donors (Lipinski definition) is 3. The number of nitrogens with one attached hydrogen (secondary N) is 1. The van der Waals surface area contributed by atoms with Crippen molar-refractivity contribution in [2.75, 3.05) is 85.6 Å². The van der Waals surface area contributed by atoms with Crippen LogP contribution in [0.25, 0.3) is 0 Å². The minimum atomic E-state index is -1.18. The molecule has 14 rings (SSSR count). The van der Waals surface area contributed by atoms with Gasteiger partial charge in [0.2, 0.25) is 0 Å². The molecule has 4 aromatic heterocycles. The van der Waals surface area contributed by atoms with E-state index in [0.29, 0.717) is 77.5 Å². The van der Waals surface area contributed by atoms with Crippen molar-refractivity contribution in [1.82, 2.24) is 13.7 Å². The van der Waals surface area contributed by atoms with Gasteiger partial charge in [0.25, 0.3) is 16.7 Å². The Hall–Kier alpha value is -6.63. The van der Waals surface area contributed by atoms with Gasteiger partial charge in [-0.3, -0.25) is 24.5 Å². The van der Waals surface area contributed by atoms with Crippen molar-refractivity contribution < 1.29 is 115 Å². The van der Waals surface area contributed by atoms with E-state index >= 15 is 0 Å². The number of rotatable bonds is 7. The molecule has 5 saturated carbocycles. The Morgan fingerprint density at radius 1 is 0.485 bits per heavy atom. The molecule has 5 saturated heterocycles. The van der Waals surface area contributed by atoms with Crippen molar-refractivity contribution in [3.63, 3.8) is 0 Å². The standard InChI is InChI=1S/C18H26N2O5.C15H19NO5.C14H17NO5.C8H15NO2.C8H12O3.C7H6O4.CH3.Pd/c1-17(2,3)25-16(22)19-14-5-4-10-20(15(14)21)13-6-8-18(9-7-13)23-11-12-24-18;1-19-14(18)12-3-2-8-16(13(12)17)11-4-6-15(7-5-11)20-9-10-21-15;16-12-11(13(17)18)2-1-7-15(12)10-3-5-14(6-4-10)19-8-9-20-14;2*9-7-1-3-8(4-2-7)10-5-6-11-8;1-10-6(8)5-3-2-4-11-7(5)9;;/h4-5,10,13H,6-9,11-12H2,1-3H3,(H,19,22);2-3,8,11H,4-7,9-10H2,1H3;1-2,7,10H,3-6,8-9H2,(H,17,18);7H,1-6,9H2;1-6H2;2-4H,1H3;1H3;/q;;;;;;-1;. The first-order valence-corrected chi connectivity index (χ1v) is 34.2. The van der Waals surface area contributed by atoms with E-state index in [4.69, 9.17) is 62.9 Å². The zero-order valence-electron chi connectivity index (χ0n) is 58.5. The molecule has 4 N–H and O–H groups in total. The number of aromatic nitrogens is 3. The Bertz CT molecular complexity index is 3580. The van der Waals surface area contributed by atoms with Crippen LogP contribution in [0.5, 0.6) is 0 Å². The number of carboxylic acid groups (broad SMARTS) is 1. The van der Waals surface area contributed by atoms with Crippen LogP contribution in [0.4, 0.5) is 10.5 Å². The maximum absolute atomic E-state index is 12.7. The number of ether oxygens (including phenoxy) is 13. The van der Waals surface area contributed by atoms with Gasteiger partial charge in [0.15, 0.2) is 28.9 Å². The first-order chi connectivity index (χ1) is 47.4. The number of ketones is 1. The van der Waals surface area contributed by atoms with Gasteiger partial charge in [-0.2, -0.15) is 0 Å². The van der Waals surface area contributed by atoms with Crippen LogP contribution in [0.15, 0.2) is 97.0 Å². The molecule has 9 heterocycles. The number of carbonyl (C=O) groups is 5. The number of anilines is 1. The second-order valence-electron chi connectivity index (χ2n) is 26.7. The van der Waals surface area contributed by atoms with Gasteiger partial charge in [-0.15, -0.1) is 0 Å². The average Bonchev–Trinajstić information content (AvgIpc) is 1.77. The third-order valence-corrected chi connectivity index (χ3v) is 19.1. The van der Waals surface area contributed by atoms with Crippen LogP contribution in [0.3, 0.4) is 0 Å². The van der Waals surface area contributed by atoms with Crippen molar-refractivity contribution >= 4 is 35.5 Å². The van der Waals surface area contributed by atoms with Gasteiger partial charge in [-0.05, 0) is 121 Å². The summed E-state index contributed by atoms with van der Waals surface area (Å²) in [5.41, 5.74) is 3.57. The predicted octanol–water partition coefficient (Wildman–Crippen LogP) is 8.33. The molecule has 5 aliphatic heterocycles. The molecule has 0 unspecified atom stereocenters. The van der Waals surface area contributed by atoms with Gasteiger partial charge in [0.05, 0.1) is 86.6 Å². The minimum absolute atomic E-state index is 0. The van der Waals surface area contributed by atoms with Gasteiger partial charge in [0, 0.05) is 140 Å². The smallest absolute Gasteiger partial charge is 0.412 e. The number of hydrogen-bond acceptors (Lipinski definition) is 24. The molecule has 0 atom stereocenters. The van der Waals surface area contributed by atoms with E-state index in [2.05, 4.69) is 19.2 Å². The molecular weight excluding hydrogens is 1410 g/mol. The van der Waals surface area contributed by atoms with Crippen LogP contribution in [0.2, 0.25) is 0 Å². The van der Waals surface area contributed by atoms with E-state index in [-0.39, 0.29) is 91.0 Å². The summed E-state index contributed by atoms with van der Waals surface area (Å²) in [7, 11) is 2.48. The molecule has 10 aliphatic rings. The molecule has 29 nitrogen and oxygen atoms in total. The maximum atomic E-state index is 12.7.